The fraction of sp³-hybridized carbons (Fsp3) is 0.556. The van der Waals surface area contributed by atoms with Crippen LogP contribution in [0.1, 0.15) is 40.5 Å². The number of carbonyl (C=O) groups excluding carboxylic acids is 1. The zero-order valence-electron chi connectivity index (χ0n) is 15.6. The van der Waals surface area contributed by atoms with Crippen LogP contribution < -0.4 is 16.0 Å². The van der Waals surface area contributed by atoms with Crippen LogP contribution in [0.2, 0.25) is 0 Å². The zero-order valence-corrected chi connectivity index (χ0v) is 15.6. The molecule has 0 aliphatic heterocycles. The van der Waals surface area contributed by atoms with E-state index in [-0.39, 0.29) is 12.6 Å². The van der Waals surface area contributed by atoms with Gasteiger partial charge in [-0.15, -0.1) is 0 Å². The van der Waals surface area contributed by atoms with Crippen molar-refractivity contribution in [2.24, 2.45) is 10.9 Å². The summed E-state index contributed by atoms with van der Waals surface area (Å²) in [5, 5.41) is 8.41. The highest BCUT2D eigenvalue weighted by Gasteiger charge is 2.15. The number of hydrogen-bond donors (Lipinski definition) is 3. The molecule has 0 radical (unpaired) electrons. The molecule has 0 aliphatic rings. The molecule has 0 aliphatic carbocycles. The van der Waals surface area contributed by atoms with Gasteiger partial charge in [-0.2, -0.15) is 0 Å². The minimum atomic E-state index is -1.62. The number of anilines is 1. The van der Waals surface area contributed by atoms with Crippen LogP contribution in [-0.2, 0) is 4.79 Å². The summed E-state index contributed by atoms with van der Waals surface area (Å²) in [6, 6.07) is 1.88. The van der Waals surface area contributed by atoms with Crippen molar-refractivity contribution in [2.45, 2.75) is 46.6 Å². The summed E-state index contributed by atoms with van der Waals surface area (Å²) in [6.45, 7) is 8.53. The fourth-order valence-corrected chi connectivity index (χ4v) is 2.17. The van der Waals surface area contributed by atoms with Crippen molar-refractivity contribution in [3.8, 4) is 0 Å². The Hall–Kier alpha value is -2.25. The Bertz CT molecular complexity index is 635. The van der Waals surface area contributed by atoms with Crippen LogP contribution >= 0.6 is 0 Å². The first kappa shape index (κ1) is 21.8. The molecule has 0 saturated carbocycles. The molecule has 1 rings (SSSR count). The molecule has 0 aromatic heterocycles. The molecule has 8 heteroatoms. The highest BCUT2D eigenvalue weighted by molar-refractivity contribution is 5.94. The summed E-state index contributed by atoms with van der Waals surface area (Å²) in [5.74, 6) is -3.95. The number of rotatable bonds is 8. The third-order valence-corrected chi connectivity index (χ3v) is 3.59. The number of carbonyl (C=O) groups is 1. The van der Waals surface area contributed by atoms with Crippen LogP contribution in [0.15, 0.2) is 17.1 Å². The average Bonchev–Trinajstić information content (AvgIpc) is 2.58. The van der Waals surface area contributed by atoms with Gasteiger partial charge in [-0.1, -0.05) is 13.8 Å². The second-order valence-corrected chi connectivity index (χ2v) is 6.48. The largest absolute Gasteiger partial charge is 0.357 e. The number of halogens is 3. The van der Waals surface area contributed by atoms with Gasteiger partial charge in [-0.05, 0) is 44.7 Å². The summed E-state index contributed by atoms with van der Waals surface area (Å²) in [6.07, 6.45) is 2.01. The Kier molecular flexibility index (Phi) is 8.95. The van der Waals surface area contributed by atoms with E-state index in [1.165, 1.54) is 0 Å². The second kappa shape index (κ2) is 10.7. The van der Waals surface area contributed by atoms with Gasteiger partial charge in [-0.3, -0.25) is 4.79 Å². The first-order chi connectivity index (χ1) is 12.2. The number of guanidine groups is 1. The van der Waals surface area contributed by atoms with E-state index < -0.39 is 29.0 Å². The normalized spacial score (nSPS) is 12.8. The summed E-state index contributed by atoms with van der Waals surface area (Å²) in [4.78, 5) is 16.1. The maximum absolute atomic E-state index is 13.6. The number of hydrogen-bond acceptors (Lipinski definition) is 2. The Morgan fingerprint density at radius 1 is 1.12 bits per heavy atom. The summed E-state index contributed by atoms with van der Waals surface area (Å²) in [7, 11) is 0. The third kappa shape index (κ3) is 7.33. The van der Waals surface area contributed by atoms with E-state index in [4.69, 9.17) is 0 Å². The smallest absolute Gasteiger partial charge is 0.246 e. The van der Waals surface area contributed by atoms with Gasteiger partial charge in [0.25, 0.3) is 0 Å². The number of nitrogens with one attached hydrogen (secondary N) is 3. The standard InChI is InChI=1S/C18H27F3N4O/c1-5-22-18(24-12(4)7-6-11(2)3)23-10-15(26)25-14-9-8-13(19)16(20)17(14)21/h8-9,11-12H,5-7,10H2,1-4H3,(H,25,26)(H2,22,23,24). The van der Waals surface area contributed by atoms with E-state index in [1.807, 2.05) is 13.8 Å². The molecule has 1 atom stereocenters. The van der Waals surface area contributed by atoms with Crippen molar-refractivity contribution in [1.82, 2.24) is 10.6 Å². The van der Waals surface area contributed by atoms with Crippen LogP contribution in [0.3, 0.4) is 0 Å². The molecule has 0 fully saturated rings. The SMILES string of the molecule is CCNC(=NCC(=O)Nc1ccc(F)c(F)c1F)NC(C)CCC(C)C. The Morgan fingerprint density at radius 3 is 2.42 bits per heavy atom. The lowest BCUT2D eigenvalue weighted by atomic mass is 10.0. The average molecular weight is 372 g/mol. The topological polar surface area (TPSA) is 65.5 Å². The number of nitrogens with zero attached hydrogens (tertiary/aromatic N) is 1. The lowest BCUT2D eigenvalue weighted by Crippen LogP contribution is -2.42. The second-order valence-electron chi connectivity index (χ2n) is 6.48. The molecule has 1 aromatic carbocycles. The van der Waals surface area contributed by atoms with Crippen molar-refractivity contribution in [2.75, 3.05) is 18.4 Å². The fourth-order valence-electron chi connectivity index (χ4n) is 2.17. The maximum Gasteiger partial charge on any atom is 0.246 e. The van der Waals surface area contributed by atoms with Gasteiger partial charge in [0.15, 0.2) is 23.4 Å². The molecule has 0 spiro atoms. The molecule has 5 nitrogen and oxygen atoms in total. The van der Waals surface area contributed by atoms with Crippen LogP contribution in [-0.4, -0.2) is 31.0 Å². The van der Waals surface area contributed by atoms with E-state index >= 15 is 0 Å². The zero-order chi connectivity index (χ0) is 19.7. The Morgan fingerprint density at radius 2 is 1.81 bits per heavy atom. The molecule has 0 bridgehead atoms. The van der Waals surface area contributed by atoms with Gasteiger partial charge in [0.05, 0.1) is 5.69 Å². The van der Waals surface area contributed by atoms with Gasteiger partial charge < -0.3 is 16.0 Å². The van der Waals surface area contributed by atoms with Crippen molar-refractivity contribution in [1.29, 1.82) is 0 Å². The molecule has 3 N–H and O–H groups in total. The lowest BCUT2D eigenvalue weighted by molar-refractivity contribution is -0.114. The molecule has 0 heterocycles. The number of aliphatic imine (C=N–C) groups is 1. The molecule has 1 amide bonds. The predicted octanol–water partition coefficient (Wildman–Crippen LogP) is 3.42. The molecule has 26 heavy (non-hydrogen) atoms. The minimum Gasteiger partial charge on any atom is -0.357 e. The predicted molar refractivity (Wildman–Crippen MR) is 97.6 cm³/mol. The van der Waals surface area contributed by atoms with Crippen molar-refractivity contribution in [3.63, 3.8) is 0 Å². The molecular weight excluding hydrogens is 345 g/mol. The molecular formula is C18H27F3N4O. The van der Waals surface area contributed by atoms with Gasteiger partial charge in [-0.25, -0.2) is 18.2 Å². The molecule has 1 aromatic rings. The molecule has 146 valence electrons. The van der Waals surface area contributed by atoms with Crippen LogP contribution in [0, 0.1) is 23.4 Å². The lowest BCUT2D eigenvalue weighted by Gasteiger charge is -2.18. The van der Waals surface area contributed by atoms with E-state index in [0.717, 1.165) is 25.0 Å². The van der Waals surface area contributed by atoms with Crippen molar-refractivity contribution in [3.05, 3.63) is 29.6 Å². The van der Waals surface area contributed by atoms with Gasteiger partial charge in [0.1, 0.15) is 6.54 Å². The van der Waals surface area contributed by atoms with Gasteiger partial charge in [0.2, 0.25) is 5.91 Å². The third-order valence-electron chi connectivity index (χ3n) is 3.59. The van der Waals surface area contributed by atoms with Crippen LogP contribution in [0.25, 0.3) is 0 Å². The summed E-state index contributed by atoms with van der Waals surface area (Å²) in [5.41, 5.74) is -0.424. The van der Waals surface area contributed by atoms with Gasteiger partial charge >= 0.3 is 0 Å². The highest BCUT2D eigenvalue weighted by Crippen LogP contribution is 2.19. The summed E-state index contributed by atoms with van der Waals surface area (Å²) < 4.78 is 39.7. The van der Waals surface area contributed by atoms with Crippen molar-refractivity contribution < 1.29 is 18.0 Å². The summed E-state index contributed by atoms with van der Waals surface area (Å²) >= 11 is 0. The molecule has 1 unspecified atom stereocenters. The van der Waals surface area contributed by atoms with Crippen molar-refractivity contribution >= 4 is 17.6 Å². The molecule has 0 saturated heterocycles. The van der Waals surface area contributed by atoms with E-state index in [2.05, 4.69) is 34.8 Å². The maximum atomic E-state index is 13.6. The first-order valence-electron chi connectivity index (χ1n) is 8.72. The highest BCUT2D eigenvalue weighted by atomic mass is 19.2. The minimum absolute atomic E-state index is 0.168. The Labute approximate surface area is 152 Å². The van der Waals surface area contributed by atoms with E-state index in [1.54, 1.807) is 0 Å². The number of benzene rings is 1. The monoisotopic (exact) mass is 372 g/mol. The van der Waals surface area contributed by atoms with Gasteiger partial charge in [0, 0.05) is 12.6 Å². The number of amides is 1. The van der Waals surface area contributed by atoms with E-state index in [0.29, 0.717) is 18.4 Å². The van der Waals surface area contributed by atoms with E-state index in [9.17, 15) is 18.0 Å². The van der Waals surface area contributed by atoms with Crippen LogP contribution in [0.5, 0.6) is 0 Å². The van der Waals surface area contributed by atoms with Crippen LogP contribution in [0.4, 0.5) is 18.9 Å². The first-order valence-corrected chi connectivity index (χ1v) is 8.72. The Balaban J connectivity index is 2.65. The quantitative estimate of drug-likeness (QED) is 0.372.